The molecule has 2 heterocycles. The van der Waals surface area contributed by atoms with Gasteiger partial charge in [0.15, 0.2) is 5.69 Å². The molecule has 0 bridgehead atoms. The summed E-state index contributed by atoms with van der Waals surface area (Å²) in [6.45, 7) is 0. The molecule has 0 saturated carbocycles. The van der Waals surface area contributed by atoms with E-state index in [4.69, 9.17) is 10.4 Å². The van der Waals surface area contributed by atoms with Crippen molar-refractivity contribution in [3.05, 3.63) is 35.8 Å². The minimum atomic E-state index is -1.01. The lowest BCUT2D eigenvalue weighted by molar-refractivity contribution is 0.0689. The number of carboxylic acid groups (broad SMARTS) is 1. The smallest absolute Gasteiger partial charge is 0.354 e. The third-order valence-electron chi connectivity index (χ3n) is 2.31. The van der Waals surface area contributed by atoms with Crippen LogP contribution in [-0.4, -0.2) is 20.5 Å². The van der Waals surface area contributed by atoms with Crippen LogP contribution in [-0.2, 0) is 6.42 Å². The number of pyridine rings is 1. The summed E-state index contributed by atoms with van der Waals surface area (Å²) >= 11 is 0. The fraction of sp³-hybridized carbons (Fsp3) is 0.182. The van der Waals surface area contributed by atoms with Crippen LogP contribution in [0, 0.1) is 11.3 Å². The summed E-state index contributed by atoms with van der Waals surface area (Å²) in [4.78, 5) is 14.9. The summed E-state index contributed by atoms with van der Waals surface area (Å²) in [6, 6.07) is 5.66. The molecule has 2 aromatic rings. The topological polar surface area (TPSA) is 78.4 Å². The predicted molar refractivity (Wildman–Crippen MR) is 56.1 cm³/mol. The number of rotatable bonds is 3. The number of aromatic carboxylic acids is 1. The minimum absolute atomic E-state index is 0.133. The maximum absolute atomic E-state index is 10.9. The number of hydrogen-bond donors (Lipinski definition) is 1. The molecule has 16 heavy (non-hydrogen) atoms. The highest BCUT2D eigenvalue weighted by Crippen LogP contribution is 2.10. The average molecular weight is 215 g/mol. The number of nitrogens with zero attached hydrogens (tertiary/aromatic N) is 3. The second kappa shape index (κ2) is 4.03. The lowest BCUT2D eigenvalue weighted by atomic mass is 10.2. The Kier molecular flexibility index (Phi) is 2.56. The molecule has 80 valence electrons. The summed E-state index contributed by atoms with van der Waals surface area (Å²) in [5.74, 6) is -1.01. The standard InChI is InChI=1S/C11H9N3O2/c12-5-1-2-8-3-4-10-13-6-9(11(15)16)14(10)7-8/h3-4,6-7H,1-2H2,(H,15,16). The van der Waals surface area contributed by atoms with Gasteiger partial charge in [0.05, 0.1) is 12.3 Å². The van der Waals surface area contributed by atoms with E-state index >= 15 is 0 Å². The van der Waals surface area contributed by atoms with Gasteiger partial charge in [0.1, 0.15) is 5.65 Å². The lowest BCUT2D eigenvalue weighted by Gasteiger charge is -2.00. The van der Waals surface area contributed by atoms with Crippen molar-refractivity contribution < 1.29 is 9.90 Å². The second-order valence-electron chi connectivity index (χ2n) is 3.37. The average Bonchev–Trinajstić information content (AvgIpc) is 2.69. The molecule has 0 radical (unpaired) electrons. The first-order valence-electron chi connectivity index (χ1n) is 4.78. The van der Waals surface area contributed by atoms with E-state index in [1.54, 1.807) is 12.3 Å². The van der Waals surface area contributed by atoms with Crippen LogP contribution in [0.1, 0.15) is 22.5 Å². The molecule has 5 nitrogen and oxygen atoms in total. The van der Waals surface area contributed by atoms with Gasteiger partial charge >= 0.3 is 5.97 Å². The van der Waals surface area contributed by atoms with Gasteiger partial charge in [-0.3, -0.25) is 4.40 Å². The van der Waals surface area contributed by atoms with Gasteiger partial charge in [-0.05, 0) is 18.1 Å². The molecule has 0 aliphatic carbocycles. The Morgan fingerprint density at radius 2 is 2.38 bits per heavy atom. The normalized spacial score (nSPS) is 10.2. The number of fused-ring (bicyclic) bond motifs is 1. The molecule has 2 rings (SSSR count). The predicted octanol–water partition coefficient (Wildman–Crippen LogP) is 1.49. The number of carbonyl (C=O) groups is 1. The minimum Gasteiger partial charge on any atom is -0.477 e. The van der Waals surface area contributed by atoms with Gasteiger partial charge in [-0.15, -0.1) is 0 Å². The van der Waals surface area contributed by atoms with Gasteiger partial charge in [-0.2, -0.15) is 5.26 Å². The van der Waals surface area contributed by atoms with Crippen molar-refractivity contribution in [3.8, 4) is 6.07 Å². The summed E-state index contributed by atoms with van der Waals surface area (Å²) in [5.41, 5.74) is 1.65. The molecule has 1 N–H and O–H groups in total. The Morgan fingerprint density at radius 3 is 3.06 bits per heavy atom. The van der Waals surface area contributed by atoms with Gasteiger partial charge in [0.25, 0.3) is 0 Å². The summed E-state index contributed by atoms with van der Waals surface area (Å²) in [6.07, 6.45) is 4.07. The fourth-order valence-electron chi connectivity index (χ4n) is 1.53. The summed E-state index contributed by atoms with van der Waals surface area (Å²) < 4.78 is 1.52. The van der Waals surface area contributed by atoms with Crippen LogP contribution in [0.2, 0.25) is 0 Å². The van der Waals surface area contributed by atoms with Crippen LogP contribution in [0.15, 0.2) is 24.5 Å². The molecule has 2 aromatic heterocycles. The number of aromatic nitrogens is 2. The third kappa shape index (κ3) is 1.73. The van der Waals surface area contributed by atoms with Crippen LogP contribution in [0.5, 0.6) is 0 Å². The van der Waals surface area contributed by atoms with E-state index in [1.807, 2.05) is 6.07 Å². The molecule has 0 fully saturated rings. The monoisotopic (exact) mass is 215 g/mol. The maximum atomic E-state index is 10.9. The maximum Gasteiger partial charge on any atom is 0.354 e. The highest BCUT2D eigenvalue weighted by Gasteiger charge is 2.10. The second-order valence-corrected chi connectivity index (χ2v) is 3.37. The highest BCUT2D eigenvalue weighted by molar-refractivity contribution is 5.86. The zero-order valence-electron chi connectivity index (χ0n) is 8.42. The van der Waals surface area contributed by atoms with Gasteiger partial charge in [0, 0.05) is 12.6 Å². The SMILES string of the molecule is N#CCCc1ccc2ncc(C(=O)O)n2c1. The van der Waals surface area contributed by atoms with E-state index in [1.165, 1.54) is 10.6 Å². The Hall–Kier alpha value is -2.35. The molecule has 0 amide bonds. The van der Waals surface area contributed by atoms with Crippen molar-refractivity contribution in [2.75, 3.05) is 0 Å². The molecule has 0 unspecified atom stereocenters. The van der Waals surface area contributed by atoms with Crippen LogP contribution in [0.25, 0.3) is 5.65 Å². The van der Waals surface area contributed by atoms with Crippen molar-refractivity contribution in [3.63, 3.8) is 0 Å². The molecular weight excluding hydrogens is 206 g/mol. The summed E-state index contributed by atoms with van der Waals surface area (Å²) in [5, 5.41) is 17.4. The first-order chi connectivity index (χ1) is 7.72. The van der Waals surface area contributed by atoms with Crippen LogP contribution < -0.4 is 0 Å². The van der Waals surface area contributed by atoms with E-state index < -0.39 is 5.97 Å². The van der Waals surface area contributed by atoms with Crippen molar-refractivity contribution in [2.45, 2.75) is 12.8 Å². The first kappa shape index (κ1) is 10.2. The van der Waals surface area contributed by atoms with Crippen LogP contribution in [0.3, 0.4) is 0 Å². The molecule has 5 heteroatoms. The Bertz CT molecular complexity index is 580. The number of imidazole rings is 1. The quantitative estimate of drug-likeness (QED) is 0.841. The number of aryl methyl sites for hydroxylation is 1. The molecule has 0 aliphatic heterocycles. The fourth-order valence-corrected chi connectivity index (χ4v) is 1.53. The number of carboxylic acids is 1. The van der Waals surface area contributed by atoms with Gasteiger partial charge in [-0.25, -0.2) is 9.78 Å². The van der Waals surface area contributed by atoms with Crippen molar-refractivity contribution in [1.82, 2.24) is 9.38 Å². The number of hydrogen-bond acceptors (Lipinski definition) is 3. The molecular formula is C11H9N3O2. The van der Waals surface area contributed by atoms with E-state index in [0.717, 1.165) is 5.56 Å². The lowest BCUT2D eigenvalue weighted by Crippen LogP contribution is -2.02. The molecule has 0 saturated heterocycles. The highest BCUT2D eigenvalue weighted by atomic mass is 16.4. The Labute approximate surface area is 91.6 Å². The Balaban J connectivity index is 2.46. The van der Waals surface area contributed by atoms with Crippen molar-refractivity contribution in [2.24, 2.45) is 0 Å². The molecule has 0 spiro atoms. The molecule has 0 aromatic carbocycles. The van der Waals surface area contributed by atoms with Gasteiger partial charge in [0.2, 0.25) is 0 Å². The zero-order valence-corrected chi connectivity index (χ0v) is 8.42. The van der Waals surface area contributed by atoms with E-state index in [-0.39, 0.29) is 5.69 Å². The van der Waals surface area contributed by atoms with Crippen LogP contribution >= 0.6 is 0 Å². The summed E-state index contributed by atoms with van der Waals surface area (Å²) in [7, 11) is 0. The Morgan fingerprint density at radius 1 is 1.56 bits per heavy atom. The van der Waals surface area contributed by atoms with Crippen molar-refractivity contribution >= 4 is 11.6 Å². The zero-order chi connectivity index (χ0) is 11.5. The molecule has 0 atom stereocenters. The van der Waals surface area contributed by atoms with E-state index in [2.05, 4.69) is 11.1 Å². The van der Waals surface area contributed by atoms with E-state index in [9.17, 15) is 4.79 Å². The molecule has 0 aliphatic rings. The van der Waals surface area contributed by atoms with E-state index in [0.29, 0.717) is 18.5 Å². The van der Waals surface area contributed by atoms with Crippen LogP contribution in [0.4, 0.5) is 0 Å². The van der Waals surface area contributed by atoms with Gasteiger partial charge < -0.3 is 5.11 Å². The largest absolute Gasteiger partial charge is 0.477 e. The number of nitriles is 1. The third-order valence-corrected chi connectivity index (χ3v) is 2.31. The first-order valence-corrected chi connectivity index (χ1v) is 4.78. The van der Waals surface area contributed by atoms with Crippen molar-refractivity contribution in [1.29, 1.82) is 5.26 Å². The van der Waals surface area contributed by atoms with Gasteiger partial charge in [-0.1, -0.05) is 6.07 Å².